The summed E-state index contributed by atoms with van der Waals surface area (Å²) in [5, 5.41) is 28.2. The summed E-state index contributed by atoms with van der Waals surface area (Å²) in [4.78, 5) is 14.6. The number of aliphatic hydroxyl groups is 1. The first-order valence-electron chi connectivity index (χ1n) is 6.89. The van der Waals surface area contributed by atoms with Crippen LogP contribution in [0.1, 0.15) is 12.8 Å². The van der Waals surface area contributed by atoms with Crippen molar-refractivity contribution in [1.82, 2.24) is 9.78 Å². The molecule has 0 bridgehead atoms. The van der Waals surface area contributed by atoms with Crippen LogP contribution in [-0.4, -0.2) is 51.5 Å². The van der Waals surface area contributed by atoms with Crippen molar-refractivity contribution < 1.29 is 18.8 Å². The van der Waals surface area contributed by atoms with Crippen LogP contribution in [0.3, 0.4) is 0 Å². The number of hydrogen-bond acceptors (Lipinski definition) is 6. The number of hydrogen-bond donors (Lipinski definition) is 1. The zero-order valence-electron chi connectivity index (χ0n) is 12.0. The fourth-order valence-corrected chi connectivity index (χ4v) is 2.57. The molecule has 1 aromatic heterocycles. The molecule has 2 rings (SSSR count). The largest absolute Gasteiger partial charge is 0.393 e. The number of azide groups is 1. The molecule has 1 fully saturated rings. The van der Waals surface area contributed by atoms with Crippen molar-refractivity contribution in [2.45, 2.75) is 38.0 Å². The third-order valence-corrected chi connectivity index (χ3v) is 3.63. The van der Waals surface area contributed by atoms with Crippen molar-refractivity contribution in [3.63, 3.8) is 0 Å². The van der Waals surface area contributed by atoms with Crippen LogP contribution in [0.25, 0.3) is 10.4 Å². The number of nitro groups is 1. The predicted molar refractivity (Wildman–Crippen MR) is 75.3 cm³/mol. The Morgan fingerprint density at radius 1 is 1.57 bits per heavy atom. The van der Waals surface area contributed by atoms with E-state index in [-0.39, 0.29) is 37.4 Å². The summed E-state index contributed by atoms with van der Waals surface area (Å²) in [6.45, 7) is -0.340. The van der Waals surface area contributed by atoms with Gasteiger partial charge in [0, 0.05) is 18.0 Å². The second-order valence-corrected chi connectivity index (χ2v) is 5.09. The van der Waals surface area contributed by atoms with Gasteiger partial charge in [0.05, 0.1) is 17.1 Å². The van der Waals surface area contributed by atoms with Gasteiger partial charge < -0.3 is 10.0 Å². The number of alkyl halides is 2. The highest BCUT2D eigenvalue weighted by Gasteiger charge is 2.31. The van der Waals surface area contributed by atoms with Crippen LogP contribution in [0, 0.1) is 10.1 Å². The van der Waals surface area contributed by atoms with E-state index in [1.54, 1.807) is 0 Å². The zero-order valence-corrected chi connectivity index (χ0v) is 12.0. The minimum atomic E-state index is -2.71. The lowest BCUT2D eigenvalue weighted by Crippen LogP contribution is -2.28. The van der Waals surface area contributed by atoms with Gasteiger partial charge in [0.1, 0.15) is 12.7 Å². The maximum atomic E-state index is 12.6. The van der Waals surface area contributed by atoms with Crippen LogP contribution in [0.15, 0.2) is 11.3 Å². The normalized spacial score (nSPS) is 21.8. The van der Waals surface area contributed by atoms with Gasteiger partial charge in [0.2, 0.25) is 5.82 Å². The number of anilines is 1. The lowest BCUT2D eigenvalue weighted by molar-refractivity contribution is -0.384. The molecule has 1 saturated heterocycles. The topological polar surface area (TPSA) is 133 Å². The lowest BCUT2D eigenvalue weighted by Gasteiger charge is -2.22. The number of halogens is 2. The van der Waals surface area contributed by atoms with E-state index >= 15 is 0 Å². The smallest absolute Gasteiger partial charge is 0.331 e. The maximum absolute atomic E-state index is 12.6. The Bertz CT molecular complexity index is 617. The SMILES string of the molecule is [N-]=[N+]=N[C@@H]1CCN(c2c([N+](=O)[O-])cnn2CC(F)F)CC[C@H]1O. The van der Waals surface area contributed by atoms with E-state index in [4.69, 9.17) is 5.53 Å². The van der Waals surface area contributed by atoms with Crippen molar-refractivity contribution in [2.24, 2.45) is 5.11 Å². The molecule has 0 amide bonds. The Balaban J connectivity index is 2.30. The van der Waals surface area contributed by atoms with Crippen LogP contribution < -0.4 is 4.90 Å². The molecular weight excluding hydrogens is 316 g/mol. The minimum absolute atomic E-state index is 0.0240. The molecule has 0 radical (unpaired) electrons. The van der Waals surface area contributed by atoms with E-state index < -0.39 is 30.0 Å². The molecule has 10 nitrogen and oxygen atoms in total. The summed E-state index contributed by atoms with van der Waals surface area (Å²) in [5.74, 6) is -0.0240. The van der Waals surface area contributed by atoms with Gasteiger partial charge >= 0.3 is 5.69 Å². The molecule has 0 spiro atoms. The van der Waals surface area contributed by atoms with E-state index in [9.17, 15) is 24.0 Å². The average Bonchev–Trinajstić information content (AvgIpc) is 2.80. The van der Waals surface area contributed by atoms with Gasteiger partial charge in [-0.1, -0.05) is 5.11 Å². The Morgan fingerprint density at radius 3 is 2.87 bits per heavy atom. The summed E-state index contributed by atoms with van der Waals surface area (Å²) in [7, 11) is 0. The first kappa shape index (κ1) is 16.9. The van der Waals surface area contributed by atoms with E-state index in [2.05, 4.69) is 15.1 Å². The Morgan fingerprint density at radius 2 is 2.26 bits per heavy atom. The molecule has 12 heteroatoms. The van der Waals surface area contributed by atoms with Gasteiger partial charge in [-0.3, -0.25) is 10.1 Å². The molecule has 0 aliphatic carbocycles. The summed E-state index contributed by atoms with van der Waals surface area (Å²) in [5.41, 5.74) is 8.11. The fourth-order valence-electron chi connectivity index (χ4n) is 2.57. The third kappa shape index (κ3) is 3.85. The highest BCUT2D eigenvalue weighted by atomic mass is 19.3. The summed E-state index contributed by atoms with van der Waals surface area (Å²) in [6, 6.07) is -0.657. The Hall–Kier alpha value is -2.46. The first-order chi connectivity index (χ1) is 10.9. The molecule has 1 aromatic rings. The number of rotatable bonds is 5. The van der Waals surface area contributed by atoms with Crippen LogP contribution in [0.4, 0.5) is 20.3 Å². The van der Waals surface area contributed by atoms with Crippen LogP contribution in [-0.2, 0) is 6.54 Å². The first-order valence-corrected chi connectivity index (χ1v) is 6.89. The van der Waals surface area contributed by atoms with Crippen molar-refractivity contribution in [1.29, 1.82) is 0 Å². The number of aromatic nitrogens is 2. The second-order valence-electron chi connectivity index (χ2n) is 5.09. The molecule has 0 aromatic carbocycles. The van der Waals surface area contributed by atoms with E-state index in [0.29, 0.717) is 0 Å². The molecule has 2 atom stereocenters. The molecule has 0 unspecified atom stereocenters. The van der Waals surface area contributed by atoms with Gasteiger partial charge in [0.25, 0.3) is 6.43 Å². The molecule has 126 valence electrons. The Labute approximate surface area is 129 Å². The number of nitrogens with zero attached hydrogens (tertiary/aromatic N) is 7. The van der Waals surface area contributed by atoms with Crippen LogP contribution >= 0.6 is 0 Å². The molecule has 2 heterocycles. The average molecular weight is 331 g/mol. The minimum Gasteiger partial charge on any atom is -0.393 e. The highest BCUT2D eigenvalue weighted by molar-refractivity contribution is 5.57. The second kappa shape index (κ2) is 7.20. The van der Waals surface area contributed by atoms with Crippen LogP contribution in [0.2, 0.25) is 0 Å². The number of aliphatic hydroxyl groups excluding tert-OH is 1. The van der Waals surface area contributed by atoms with Gasteiger partial charge in [-0.15, -0.1) is 0 Å². The lowest BCUT2D eigenvalue weighted by atomic mass is 10.1. The van der Waals surface area contributed by atoms with E-state index in [0.717, 1.165) is 10.9 Å². The fraction of sp³-hybridized carbons (Fsp3) is 0.727. The molecular formula is C11H15F2N7O3. The van der Waals surface area contributed by atoms with E-state index in [1.165, 1.54) is 4.90 Å². The van der Waals surface area contributed by atoms with Gasteiger partial charge in [-0.05, 0) is 18.4 Å². The van der Waals surface area contributed by atoms with Gasteiger partial charge in [-0.25, -0.2) is 13.5 Å². The predicted octanol–water partition coefficient (Wildman–Crippen LogP) is 1.70. The molecule has 1 aliphatic heterocycles. The monoisotopic (exact) mass is 331 g/mol. The Kier molecular flexibility index (Phi) is 5.29. The summed E-state index contributed by atoms with van der Waals surface area (Å²) < 4.78 is 26.2. The van der Waals surface area contributed by atoms with Crippen molar-refractivity contribution in [3.8, 4) is 0 Å². The summed E-state index contributed by atoms with van der Waals surface area (Å²) in [6.07, 6.45) is -2.21. The van der Waals surface area contributed by atoms with Gasteiger partial charge in [-0.2, -0.15) is 5.10 Å². The zero-order chi connectivity index (χ0) is 17.0. The highest BCUT2D eigenvalue weighted by Crippen LogP contribution is 2.30. The quantitative estimate of drug-likeness (QED) is 0.288. The van der Waals surface area contributed by atoms with Crippen LogP contribution in [0.5, 0.6) is 0 Å². The van der Waals surface area contributed by atoms with E-state index in [1.807, 2.05) is 0 Å². The molecule has 0 saturated carbocycles. The molecule has 1 N–H and O–H groups in total. The van der Waals surface area contributed by atoms with Gasteiger partial charge in [0.15, 0.2) is 0 Å². The molecule has 1 aliphatic rings. The van der Waals surface area contributed by atoms with Crippen molar-refractivity contribution in [2.75, 3.05) is 18.0 Å². The third-order valence-electron chi connectivity index (χ3n) is 3.63. The summed E-state index contributed by atoms with van der Waals surface area (Å²) >= 11 is 0. The van der Waals surface area contributed by atoms with Crippen molar-refractivity contribution >= 4 is 11.5 Å². The van der Waals surface area contributed by atoms with Crippen molar-refractivity contribution in [3.05, 3.63) is 26.8 Å². The maximum Gasteiger partial charge on any atom is 0.331 e. The molecule has 23 heavy (non-hydrogen) atoms. The standard InChI is InChI=1S/C11H15F2N7O3/c12-10(13)6-19-11(8(5-15-19)20(22)23)18-3-1-7(16-17-14)9(21)2-4-18/h5,7,9-10,21H,1-4,6H2/t7-,9-/m1/s1.